The quantitative estimate of drug-likeness (QED) is 0.321. The standard InChI is InChI=1S/C15H27N3O2/c1-15(2)9-4-3-7-11(15)14(19)17-12-8-5-6-10(12)13(16)18-20/h10-12,20H,3-9H2,1-2H3,(H2,16,18)(H,17,19). The predicted molar refractivity (Wildman–Crippen MR) is 78.4 cm³/mol. The summed E-state index contributed by atoms with van der Waals surface area (Å²) in [5.74, 6) is 0.466. The van der Waals surface area contributed by atoms with Crippen molar-refractivity contribution in [2.75, 3.05) is 0 Å². The summed E-state index contributed by atoms with van der Waals surface area (Å²) in [6.45, 7) is 4.37. The molecule has 2 saturated carbocycles. The number of nitrogens with zero attached hydrogens (tertiary/aromatic N) is 1. The largest absolute Gasteiger partial charge is 0.409 e. The molecule has 0 saturated heterocycles. The van der Waals surface area contributed by atoms with Crippen molar-refractivity contribution in [3.8, 4) is 0 Å². The maximum atomic E-state index is 12.6. The molecule has 5 heteroatoms. The van der Waals surface area contributed by atoms with E-state index in [-0.39, 0.29) is 35.0 Å². The molecule has 3 unspecified atom stereocenters. The molecular weight excluding hydrogens is 254 g/mol. The Morgan fingerprint density at radius 3 is 2.65 bits per heavy atom. The van der Waals surface area contributed by atoms with Crippen molar-refractivity contribution in [2.24, 2.45) is 28.1 Å². The number of hydrogen-bond acceptors (Lipinski definition) is 3. The van der Waals surface area contributed by atoms with E-state index in [9.17, 15) is 4.79 Å². The van der Waals surface area contributed by atoms with Gasteiger partial charge in [0.05, 0.1) is 0 Å². The Labute approximate surface area is 121 Å². The number of rotatable bonds is 3. The molecule has 0 aromatic carbocycles. The van der Waals surface area contributed by atoms with Crippen LogP contribution in [0.25, 0.3) is 0 Å². The molecule has 0 aliphatic heterocycles. The van der Waals surface area contributed by atoms with Crippen molar-refractivity contribution < 1.29 is 10.0 Å². The zero-order valence-electron chi connectivity index (χ0n) is 12.6. The summed E-state index contributed by atoms with van der Waals surface area (Å²) < 4.78 is 0. The molecule has 0 aromatic rings. The number of nitrogens with one attached hydrogen (secondary N) is 1. The molecule has 0 heterocycles. The van der Waals surface area contributed by atoms with Crippen LogP contribution in [0.15, 0.2) is 5.16 Å². The Hall–Kier alpha value is -1.26. The average Bonchev–Trinajstić information content (AvgIpc) is 2.85. The lowest BCUT2D eigenvalue weighted by atomic mass is 9.68. The fraction of sp³-hybridized carbons (Fsp3) is 0.867. The number of oxime groups is 1. The Morgan fingerprint density at radius 1 is 1.25 bits per heavy atom. The van der Waals surface area contributed by atoms with Gasteiger partial charge in [0.15, 0.2) is 0 Å². The van der Waals surface area contributed by atoms with Gasteiger partial charge in [-0.2, -0.15) is 0 Å². The summed E-state index contributed by atoms with van der Waals surface area (Å²) in [6, 6.07) is 0.0242. The summed E-state index contributed by atoms with van der Waals surface area (Å²) in [6.07, 6.45) is 7.25. The summed E-state index contributed by atoms with van der Waals surface area (Å²) in [4.78, 5) is 12.6. The van der Waals surface area contributed by atoms with Crippen LogP contribution in [0, 0.1) is 17.3 Å². The molecule has 2 rings (SSSR count). The second-order valence-corrected chi connectivity index (χ2v) is 6.96. The first-order chi connectivity index (χ1) is 9.45. The predicted octanol–water partition coefficient (Wildman–Crippen LogP) is 2.23. The maximum Gasteiger partial charge on any atom is 0.223 e. The van der Waals surface area contributed by atoms with Crippen LogP contribution in [0.2, 0.25) is 0 Å². The van der Waals surface area contributed by atoms with Crippen molar-refractivity contribution >= 4 is 11.7 Å². The highest BCUT2D eigenvalue weighted by Gasteiger charge is 2.39. The Bertz CT molecular complexity index is 393. The van der Waals surface area contributed by atoms with Crippen LogP contribution in [-0.2, 0) is 4.79 Å². The minimum absolute atomic E-state index is 0.0179. The molecule has 1 amide bonds. The molecule has 2 aliphatic rings. The highest BCUT2D eigenvalue weighted by Crippen LogP contribution is 2.41. The monoisotopic (exact) mass is 281 g/mol. The van der Waals surface area contributed by atoms with Gasteiger partial charge in [-0.1, -0.05) is 38.3 Å². The number of nitrogens with two attached hydrogens (primary N) is 1. The van der Waals surface area contributed by atoms with E-state index in [1.165, 1.54) is 6.42 Å². The number of amides is 1. The van der Waals surface area contributed by atoms with Gasteiger partial charge in [-0.05, 0) is 31.1 Å². The van der Waals surface area contributed by atoms with Crippen LogP contribution in [0.1, 0.15) is 58.8 Å². The fourth-order valence-electron chi connectivity index (χ4n) is 3.82. The summed E-state index contributed by atoms with van der Waals surface area (Å²) >= 11 is 0. The van der Waals surface area contributed by atoms with E-state index in [0.717, 1.165) is 38.5 Å². The number of carbonyl (C=O) groups is 1. The molecule has 0 bridgehead atoms. The topological polar surface area (TPSA) is 87.7 Å². The molecule has 2 aliphatic carbocycles. The Kier molecular flexibility index (Phi) is 4.55. The van der Waals surface area contributed by atoms with Gasteiger partial charge in [-0.15, -0.1) is 0 Å². The van der Waals surface area contributed by atoms with E-state index in [0.29, 0.717) is 0 Å². The summed E-state index contributed by atoms with van der Waals surface area (Å²) in [5, 5.41) is 15.1. The van der Waals surface area contributed by atoms with Crippen LogP contribution in [-0.4, -0.2) is 23.0 Å². The highest BCUT2D eigenvalue weighted by molar-refractivity contribution is 5.85. The fourth-order valence-corrected chi connectivity index (χ4v) is 3.82. The second kappa shape index (κ2) is 6.02. The minimum Gasteiger partial charge on any atom is -0.409 e. The molecule has 2 fully saturated rings. The third kappa shape index (κ3) is 3.07. The van der Waals surface area contributed by atoms with Crippen LogP contribution >= 0.6 is 0 Å². The van der Waals surface area contributed by atoms with Crippen molar-refractivity contribution in [1.29, 1.82) is 0 Å². The smallest absolute Gasteiger partial charge is 0.223 e. The zero-order chi connectivity index (χ0) is 14.8. The van der Waals surface area contributed by atoms with Gasteiger partial charge in [-0.25, -0.2) is 0 Å². The number of carbonyl (C=O) groups excluding carboxylic acids is 1. The van der Waals surface area contributed by atoms with E-state index in [1.807, 2.05) is 0 Å². The lowest BCUT2D eigenvalue weighted by molar-refractivity contribution is -0.131. The Morgan fingerprint density at radius 2 is 2.00 bits per heavy atom. The molecule has 20 heavy (non-hydrogen) atoms. The van der Waals surface area contributed by atoms with Crippen LogP contribution < -0.4 is 11.1 Å². The number of hydrogen-bond donors (Lipinski definition) is 3. The molecule has 3 atom stereocenters. The molecular formula is C15H27N3O2. The van der Waals surface area contributed by atoms with Crippen molar-refractivity contribution in [2.45, 2.75) is 64.8 Å². The maximum absolute atomic E-state index is 12.6. The van der Waals surface area contributed by atoms with Gasteiger partial charge in [0.25, 0.3) is 0 Å². The van der Waals surface area contributed by atoms with Crippen LogP contribution in [0.4, 0.5) is 0 Å². The van der Waals surface area contributed by atoms with Crippen LogP contribution in [0.3, 0.4) is 0 Å². The van der Waals surface area contributed by atoms with Gasteiger partial charge in [0, 0.05) is 17.9 Å². The van der Waals surface area contributed by atoms with Crippen molar-refractivity contribution in [1.82, 2.24) is 5.32 Å². The molecule has 0 aromatic heterocycles. The molecule has 0 radical (unpaired) electrons. The van der Waals surface area contributed by atoms with E-state index < -0.39 is 0 Å². The molecule has 5 nitrogen and oxygen atoms in total. The lowest BCUT2D eigenvalue weighted by Crippen LogP contribution is -2.48. The second-order valence-electron chi connectivity index (χ2n) is 6.96. The Balaban J connectivity index is 2.00. The van der Waals surface area contributed by atoms with E-state index in [1.54, 1.807) is 0 Å². The van der Waals surface area contributed by atoms with Crippen molar-refractivity contribution in [3.05, 3.63) is 0 Å². The van der Waals surface area contributed by atoms with Gasteiger partial charge < -0.3 is 16.3 Å². The van der Waals surface area contributed by atoms with Gasteiger partial charge in [-0.3, -0.25) is 4.79 Å². The van der Waals surface area contributed by atoms with E-state index >= 15 is 0 Å². The molecule has 114 valence electrons. The highest BCUT2D eigenvalue weighted by atomic mass is 16.4. The zero-order valence-corrected chi connectivity index (χ0v) is 12.6. The lowest BCUT2D eigenvalue weighted by Gasteiger charge is -2.38. The van der Waals surface area contributed by atoms with E-state index in [2.05, 4.69) is 24.3 Å². The van der Waals surface area contributed by atoms with Gasteiger partial charge in [0.2, 0.25) is 5.91 Å². The third-order valence-electron chi connectivity index (χ3n) is 5.16. The molecule has 0 spiro atoms. The first kappa shape index (κ1) is 15.1. The summed E-state index contributed by atoms with van der Waals surface area (Å²) in [7, 11) is 0. The normalized spacial score (nSPS) is 33.9. The van der Waals surface area contributed by atoms with Crippen LogP contribution in [0.5, 0.6) is 0 Å². The average molecular weight is 281 g/mol. The third-order valence-corrected chi connectivity index (χ3v) is 5.16. The molecule has 4 N–H and O–H groups in total. The van der Waals surface area contributed by atoms with Crippen molar-refractivity contribution in [3.63, 3.8) is 0 Å². The SMILES string of the molecule is CC1(C)CCCCC1C(=O)NC1CCCC1C(N)=NO. The first-order valence-electron chi connectivity index (χ1n) is 7.73. The minimum atomic E-state index is -0.0179. The van der Waals surface area contributed by atoms with E-state index in [4.69, 9.17) is 10.9 Å². The first-order valence-corrected chi connectivity index (χ1v) is 7.73. The van der Waals surface area contributed by atoms with Gasteiger partial charge in [0.1, 0.15) is 5.84 Å². The van der Waals surface area contributed by atoms with Gasteiger partial charge >= 0.3 is 0 Å². The number of amidine groups is 1. The summed E-state index contributed by atoms with van der Waals surface area (Å²) in [5.41, 5.74) is 5.80.